The Morgan fingerprint density at radius 1 is 1.06 bits per heavy atom. The van der Waals surface area contributed by atoms with E-state index in [-0.39, 0.29) is 29.2 Å². The van der Waals surface area contributed by atoms with Gasteiger partial charge >= 0.3 is 0 Å². The summed E-state index contributed by atoms with van der Waals surface area (Å²) in [5.74, 6) is -0.338. The molecule has 0 bridgehead atoms. The summed E-state index contributed by atoms with van der Waals surface area (Å²) in [6, 6.07) is 5.29. The molecule has 2 aromatic heterocycles. The number of halogens is 2. The van der Waals surface area contributed by atoms with Crippen molar-refractivity contribution in [2.75, 3.05) is 25.5 Å². The first-order valence-electron chi connectivity index (χ1n) is 10.4. The zero-order chi connectivity index (χ0) is 22.5. The molecule has 1 saturated heterocycles. The smallest absolute Gasteiger partial charge is 0.227 e. The number of ether oxygens (including phenoxy) is 2. The maximum atomic E-state index is 14.4. The first-order valence-corrected chi connectivity index (χ1v) is 10.4. The number of pyridine rings is 1. The fraction of sp³-hybridized carbons (Fsp3) is 0.348. The van der Waals surface area contributed by atoms with Crippen LogP contribution in [0.25, 0.3) is 0 Å². The molecule has 1 aromatic carbocycles. The number of hydrogen-bond acceptors (Lipinski definition) is 7. The van der Waals surface area contributed by atoms with Crippen molar-refractivity contribution >= 4 is 11.6 Å². The Morgan fingerprint density at radius 2 is 1.81 bits per heavy atom. The zero-order valence-corrected chi connectivity index (χ0v) is 18.0. The number of methoxy groups -OCH3 is 1. The molecule has 4 rings (SSSR count). The van der Waals surface area contributed by atoms with Gasteiger partial charge in [0.05, 0.1) is 37.0 Å². The van der Waals surface area contributed by atoms with Crippen LogP contribution in [0.2, 0.25) is 0 Å². The van der Waals surface area contributed by atoms with Crippen LogP contribution in [0.3, 0.4) is 0 Å². The Balaban J connectivity index is 1.37. The maximum Gasteiger partial charge on any atom is 0.227 e. The Hall–Kier alpha value is -3.33. The highest BCUT2D eigenvalue weighted by Crippen LogP contribution is 2.28. The maximum absolute atomic E-state index is 14.4. The van der Waals surface area contributed by atoms with Gasteiger partial charge in [0.2, 0.25) is 5.95 Å². The summed E-state index contributed by atoms with van der Waals surface area (Å²) in [5, 5.41) is 6.44. The van der Waals surface area contributed by atoms with Crippen molar-refractivity contribution in [2.24, 2.45) is 0 Å². The Morgan fingerprint density at radius 3 is 2.47 bits per heavy atom. The van der Waals surface area contributed by atoms with Crippen molar-refractivity contribution in [3.8, 4) is 11.5 Å². The van der Waals surface area contributed by atoms with E-state index in [1.165, 1.54) is 32.5 Å². The first kappa shape index (κ1) is 21.9. The molecular weight excluding hydrogens is 416 g/mol. The minimum Gasteiger partial charge on any atom is -0.494 e. The largest absolute Gasteiger partial charge is 0.494 e. The number of nitrogens with zero attached hydrogens (tertiary/aromatic N) is 3. The molecule has 3 heterocycles. The second kappa shape index (κ2) is 9.86. The van der Waals surface area contributed by atoms with E-state index >= 15 is 0 Å². The summed E-state index contributed by atoms with van der Waals surface area (Å²) in [4.78, 5) is 13.0. The van der Waals surface area contributed by atoms with Crippen LogP contribution in [0, 0.1) is 18.6 Å². The Labute approximate surface area is 185 Å². The lowest BCUT2D eigenvalue weighted by Crippen LogP contribution is -2.27. The van der Waals surface area contributed by atoms with Crippen LogP contribution in [0.1, 0.15) is 35.6 Å². The normalized spacial score (nSPS) is 14.2. The molecule has 7 nitrogen and oxygen atoms in total. The van der Waals surface area contributed by atoms with Crippen LogP contribution in [0.5, 0.6) is 11.5 Å². The van der Waals surface area contributed by atoms with E-state index < -0.39 is 11.6 Å². The fourth-order valence-corrected chi connectivity index (χ4v) is 3.66. The van der Waals surface area contributed by atoms with Crippen LogP contribution in [0.15, 0.2) is 36.8 Å². The molecule has 168 valence electrons. The number of piperidine rings is 1. The van der Waals surface area contributed by atoms with Crippen molar-refractivity contribution in [2.45, 2.75) is 32.3 Å². The minimum absolute atomic E-state index is 0.0296. The predicted molar refractivity (Wildman–Crippen MR) is 116 cm³/mol. The van der Waals surface area contributed by atoms with Crippen molar-refractivity contribution in [3.63, 3.8) is 0 Å². The summed E-state index contributed by atoms with van der Waals surface area (Å²) < 4.78 is 39.1. The summed E-state index contributed by atoms with van der Waals surface area (Å²) in [7, 11) is 1.33. The molecule has 9 heteroatoms. The lowest BCUT2D eigenvalue weighted by atomic mass is 9.94. The van der Waals surface area contributed by atoms with Gasteiger partial charge in [0.15, 0.2) is 17.3 Å². The number of aromatic nitrogens is 3. The van der Waals surface area contributed by atoms with Gasteiger partial charge in [-0.15, -0.1) is 0 Å². The second-order valence-electron chi connectivity index (χ2n) is 7.65. The van der Waals surface area contributed by atoms with Gasteiger partial charge in [0.25, 0.3) is 0 Å². The van der Waals surface area contributed by atoms with Gasteiger partial charge in [-0.05, 0) is 56.6 Å². The zero-order valence-electron chi connectivity index (χ0n) is 18.0. The van der Waals surface area contributed by atoms with Crippen LogP contribution >= 0.6 is 0 Å². The lowest BCUT2D eigenvalue weighted by molar-refractivity contribution is 0.285. The molecule has 0 atom stereocenters. The van der Waals surface area contributed by atoms with Gasteiger partial charge in [-0.2, -0.15) is 0 Å². The number of benzene rings is 1. The molecule has 0 unspecified atom stereocenters. The van der Waals surface area contributed by atoms with Gasteiger partial charge in [-0.25, -0.2) is 18.7 Å². The molecule has 0 aliphatic carbocycles. The number of rotatable bonds is 7. The third-order valence-corrected chi connectivity index (χ3v) is 5.47. The third kappa shape index (κ3) is 4.94. The topological polar surface area (TPSA) is 81.2 Å². The summed E-state index contributed by atoms with van der Waals surface area (Å²) in [5.41, 5.74) is 1.93. The molecule has 0 radical (unpaired) electrons. The molecule has 3 aromatic rings. The molecule has 1 aliphatic heterocycles. The van der Waals surface area contributed by atoms with Crippen LogP contribution in [-0.2, 0) is 6.61 Å². The van der Waals surface area contributed by atoms with Crippen molar-refractivity contribution < 1.29 is 18.3 Å². The van der Waals surface area contributed by atoms with Gasteiger partial charge < -0.3 is 20.1 Å². The highest BCUT2D eigenvalue weighted by atomic mass is 19.1. The standard InChI is InChI=1S/C23H25F2N5O2/c1-14-9-20(31-2)22(25)18(21(14)24)13-32-17-11-28-23(29-12-17)30-16-3-4-19(27-10-16)15-5-7-26-8-6-15/h3-4,9-12,15,26H,5-8,13H2,1-2H3,(H,28,29,30). The van der Waals surface area contributed by atoms with Gasteiger partial charge in [-0.1, -0.05) is 0 Å². The van der Waals surface area contributed by atoms with E-state index in [0.29, 0.717) is 11.9 Å². The molecule has 1 aliphatic rings. The molecule has 0 saturated carbocycles. The van der Waals surface area contributed by atoms with Crippen molar-refractivity contribution in [1.29, 1.82) is 0 Å². The fourth-order valence-electron chi connectivity index (χ4n) is 3.66. The van der Waals surface area contributed by atoms with E-state index in [2.05, 4.69) is 25.6 Å². The number of anilines is 2. The summed E-state index contributed by atoms with van der Waals surface area (Å²) in [6.45, 7) is 3.27. The number of hydrogen-bond donors (Lipinski definition) is 2. The first-order chi connectivity index (χ1) is 15.5. The molecular formula is C23H25F2N5O2. The average Bonchev–Trinajstić information content (AvgIpc) is 2.83. The van der Waals surface area contributed by atoms with E-state index in [9.17, 15) is 8.78 Å². The van der Waals surface area contributed by atoms with Crippen LogP contribution < -0.4 is 20.1 Å². The lowest BCUT2D eigenvalue weighted by Gasteiger charge is -2.22. The van der Waals surface area contributed by atoms with E-state index in [4.69, 9.17) is 9.47 Å². The number of aryl methyl sites for hydroxylation is 1. The Bertz CT molecular complexity index is 1060. The monoisotopic (exact) mass is 441 g/mol. The predicted octanol–water partition coefficient (Wildman–Crippen LogP) is 4.26. The Kier molecular flexibility index (Phi) is 6.75. The summed E-state index contributed by atoms with van der Waals surface area (Å²) in [6.07, 6.45) is 6.83. The van der Waals surface area contributed by atoms with Crippen LogP contribution in [0.4, 0.5) is 20.4 Å². The average molecular weight is 441 g/mol. The molecule has 32 heavy (non-hydrogen) atoms. The quantitative estimate of drug-likeness (QED) is 0.567. The molecule has 0 amide bonds. The molecule has 0 spiro atoms. The van der Waals surface area contributed by atoms with E-state index in [1.54, 1.807) is 6.20 Å². The van der Waals surface area contributed by atoms with Crippen LogP contribution in [-0.4, -0.2) is 35.2 Å². The molecule has 1 fully saturated rings. The number of nitrogens with one attached hydrogen (secondary N) is 2. The minimum atomic E-state index is -0.782. The summed E-state index contributed by atoms with van der Waals surface area (Å²) >= 11 is 0. The van der Waals surface area contributed by atoms with Gasteiger partial charge in [0, 0.05) is 11.6 Å². The highest BCUT2D eigenvalue weighted by molar-refractivity contribution is 5.51. The highest BCUT2D eigenvalue weighted by Gasteiger charge is 2.18. The van der Waals surface area contributed by atoms with E-state index in [0.717, 1.165) is 37.3 Å². The third-order valence-electron chi connectivity index (χ3n) is 5.47. The van der Waals surface area contributed by atoms with Crippen molar-refractivity contribution in [3.05, 3.63) is 65.2 Å². The van der Waals surface area contributed by atoms with E-state index in [1.807, 2.05) is 12.1 Å². The van der Waals surface area contributed by atoms with Gasteiger partial charge in [0.1, 0.15) is 12.4 Å². The second-order valence-corrected chi connectivity index (χ2v) is 7.65. The van der Waals surface area contributed by atoms with Gasteiger partial charge in [-0.3, -0.25) is 4.98 Å². The van der Waals surface area contributed by atoms with Crippen molar-refractivity contribution in [1.82, 2.24) is 20.3 Å². The molecule has 2 N–H and O–H groups in total. The SMILES string of the molecule is COc1cc(C)c(F)c(COc2cnc(Nc3ccc(C4CCNCC4)nc3)nc2)c1F.